The van der Waals surface area contributed by atoms with Crippen LogP contribution in [0.5, 0.6) is 0 Å². The summed E-state index contributed by atoms with van der Waals surface area (Å²) in [4.78, 5) is 24.1. The number of benzene rings is 5. The summed E-state index contributed by atoms with van der Waals surface area (Å²) in [5.74, 6) is 2.12. The van der Waals surface area contributed by atoms with Gasteiger partial charge in [-0.05, 0) is 64.1 Å². The number of rotatable bonds is 8. The Balaban J connectivity index is 1.22. The minimum absolute atomic E-state index is 0.0787. The van der Waals surface area contributed by atoms with Gasteiger partial charge in [-0.1, -0.05) is 140 Å². The highest BCUT2D eigenvalue weighted by Crippen LogP contribution is 2.43. The van der Waals surface area contributed by atoms with Gasteiger partial charge in [0.1, 0.15) is 17.2 Å². The average Bonchev–Trinajstić information content (AvgIpc) is 3.65. The van der Waals surface area contributed by atoms with Crippen molar-refractivity contribution in [3.63, 3.8) is 0 Å². The van der Waals surface area contributed by atoms with Gasteiger partial charge in [0.15, 0.2) is 5.82 Å². The van der Waals surface area contributed by atoms with E-state index in [0.29, 0.717) is 31.0 Å². The Morgan fingerprint density at radius 2 is 1.20 bits per heavy atom. The smallest absolute Gasteiger partial charge is 0.228 e. The zero-order valence-electron chi connectivity index (χ0n) is 27.9. The van der Waals surface area contributed by atoms with E-state index in [1.807, 2.05) is 48.9 Å². The Labute approximate surface area is 291 Å². The van der Waals surface area contributed by atoms with Crippen LogP contribution in [0, 0.1) is 13.8 Å². The lowest BCUT2D eigenvalue weighted by Gasteiger charge is -2.36. The molecule has 0 atom stereocenters. The number of tetrazole rings is 1. The molecule has 50 heavy (non-hydrogen) atoms. The number of anilines is 1. The van der Waals surface area contributed by atoms with E-state index in [1.54, 1.807) is 4.90 Å². The third-order valence-electron chi connectivity index (χ3n) is 9.58. The van der Waals surface area contributed by atoms with E-state index < -0.39 is 5.54 Å². The van der Waals surface area contributed by atoms with Crippen LogP contribution in [0.2, 0.25) is 0 Å². The van der Waals surface area contributed by atoms with Crippen LogP contribution in [-0.4, -0.2) is 36.1 Å². The van der Waals surface area contributed by atoms with Crippen LogP contribution in [0.1, 0.15) is 45.8 Å². The minimum Gasteiger partial charge on any atom is -0.292 e. The molecule has 244 valence electrons. The van der Waals surface area contributed by atoms with E-state index in [-0.39, 0.29) is 5.91 Å². The molecule has 0 bridgehead atoms. The predicted molar refractivity (Wildman–Crippen MR) is 194 cm³/mol. The first kappa shape index (κ1) is 31.0. The van der Waals surface area contributed by atoms with E-state index in [2.05, 4.69) is 124 Å². The molecule has 3 heterocycles. The summed E-state index contributed by atoms with van der Waals surface area (Å²) in [6.45, 7) is 4.31. The number of carbonyl (C=O) groups excluding carboxylic acids is 1. The summed E-state index contributed by atoms with van der Waals surface area (Å²) in [6.07, 6.45) is 1.13. The van der Waals surface area contributed by atoms with Crippen LogP contribution in [0.15, 0.2) is 140 Å². The van der Waals surface area contributed by atoms with E-state index in [4.69, 9.17) is 10.3 Å². The molecule has 0 fully saturated rings. The Kier molecular flexibility index (Phi) is 8.04. The van der Waals surface area contributed by atoms with E-state index in [0.717, 1.165) is 56.0 Å². The summed E-state index contributed by atoms with van der Waals surface area (Å²) in [6, 6.07) is 47.8. The highest BCUT2D eigenvalue weighted by atomic mass is 16.2. The van der Waals surface area contributed by atoms with Crippen molar-refractivity contribution in [1.29, 1.82) is 0 Å². The fourth-order valence-corrected chi connectivity index (χ4v) is 7.27. The molecule has 0 spiro atoms. The maximum Gasteiger partial charge on any atom is 0.228 e. The van der Waals surface area contributed by atoms with Gasteiger partial charge in [0.05, 0.1) is 6.54 Å². The van der Waals surface area contributed by atoms with Crippen LogP contribution < -0.4 is 4.90 Å². The first-order chi connectivity index (χ1) is 24.5. The molecule has 0 radical (unpaired) electrons. The quantitative estimate of drug-likeness (QED) is 0.156. The van der Waals surface area contributed by atoms with Gasteiger partial charge >= 0.3 is 0 Å². The standard InChI is InChI=1S/C42H35N7O/c1-29-36-26-27-39(50)48(40(36)44-30(2)43-29)28-31-22-24-32(25-23-31)37-20-12-13-21-38(37)41-45-46-47-49(41)42(33-14-6-3-7-15-33,34-16-8-4-9-17-34)35-18-10-5-11-19-35/h3-25H,26-28H2,1-2H3. The molecule has 8 heteroatoms. The fraction of sp³-hybridized carbons (Fsp3) is 0.143. The SMILES string of the molecule is Cc1nc(C)c2c(n1)N(Cc1ccc(-c3ccccc3-c3nnnn3C(c3ccccc3)(c3ccccc3)c3ccccc3)cc1)C(=O)CC2. The molecule has 0 saturated heterocycles. The molecule has 2 aromatic heterocycles. The zero-order chi connectivity index (χ0) is 34.1. The van der Waals surface area contributed by atoms with Gasteiger partial charge in [0, 0.05) is 23.2 Å². The van der Waals surface area contributed by atoms with Crippen LogP contribution in [0.25, 0.3) is 22.5 Å². The molecular formula is C42H35N7O. The van der Waals surface area contributed by atoms with Crippen LogP contribution in [0.3, 0.4) is 0 Å². The van der Waals surface area contributed by atoms with Crippen molar-refractivity contribution in [3.05, 3.63) is 179 Å². The zero-order valence-corrected chi connectivity index (χ0v) is 27.9. The molecule has 1 amide bonds. The van der Waals surface area contributed by atoms with Crippen LogP contribution in [0.4, 0.5) is 5.82 Å². The molecule has 7 aromatic rings. The van der Waals surface area contributed by atoms with Crippen LogP contribution >= 0.6 is 0 Å². The number of aryl methyl sites for hydroxylation is 2. The van der Waals surface area contributed by atoms with Crippen molar-refractivity contribution in [3.8, 4) is 22.5 Å². The molecule has 8 nitrogen and oxygen atoms in total. The van der Waals surface area contributed by atoms with Gasteiger partial charge in [-0.3, -0.25) is 9.69 Å². The van der Waals surface area contributed by atoms with Crippen molar-refractivity contribution in [2.45, 2.75) is 38.8 Å². The monoisotopic (exact) mass is 653 g/mol. The highest BCUT2D eigenvalue weighted by molar-refractivity contribution is 5.95. The highest BCUT2D eigenvalue weighted by Gasteiger charge is 2.42. The summed E-state index contributed by atoms with van der Waals surface area (Å²) in [5, 5.41) is 13.8. The summed E-state index contributed by atoms with van der Waals surface area (Å²) < 4.78 is 1.96. The molecule has 0 aliphatic carbocycles. The number of carbonyl (C=O) groups is 1. The second-order valence-corrected chi connectivity index (χ2v) is 12.6. The lowest BCUT2D eigenvalue weighted by Crippen LogP contribution is -2.39. The maximum absolute atomic E-state index is 13.1. The fourth-order valence-electron chi connectivity index (χ4n) is 7.27. The number of nitrogens with zero attached hydrogens (tertiary/aromatic N) is 7. The summed E-state index contributed by atoms with van der Waals surface area (Å²) in [5.41, 5.74) is 8.18. The van der Waals surface area contributed by atoms with Gasteiger partial charge in [0.25, 0.3) is 0 Å². The normalized spacial score (nSPS) is 12.9. The number of amides is 1. The van der Waals surface area contributed by atoms with Gasteiger partial charge in [0.2, 0.25) is 5.91 Å². The van der Waals surface area contributed by atoms with Gasteiger partial charge in [-0.15, -0.1) is 5.10 Å². The molecule has 0 saturated carbocycles. The topological polar surface area (TPSA) is 89.7 Å². The molecule has 0 N–H and O–H groups in total. The van der Waals surface area contributed by atoms with Crippen LogP contribution in [-0.2, 0) is 23.3 Å². The number of fused-ring (bicyclic) bond motifs is 1. The third-order valence-corrected chi connectivity index (χ3v) is 9.58. The van der Waals surface area contributed by atoms with E-state index >= 15 is 0 Å². The second kappa shape index (κ2) is 13.0. The molecule has 0 unspecified atom stereocenters. The minimum atomic E-state index is -0.864. The lowest BCUT2D eigenvalue weighted by molar-refractivity contribution is -0.119. The maximum atomic E-state index is 13.1. The largest absolute Gasteiger partial charge is 0.292 e. The Morgan fingerprint density at radius 1 is 0.640 bits per heavy atom. The van der Waals surface area contributed by atoms with Gasteiger partial charge in [-0.2, -0.15) is 0 Å². The van der Waals surface area contributed by atoms with E-state index in [1.165, 1.54) is 0 Å². The van der Waals surface area contributed by atoms with Crippen molar-refractivity contribution in [2.75, 3.05) is 4.90 Å². The average molecular weight is 654 g/mol. The van der Waals surface area contributed by atoms with Crippen molar-refractivity contribution in [1.82, 2.24) is 30.2 Å². The Bertz CT molecular complexity index is 2190. The summed E-state index contributed by atoms with van der Waals surface area (Å²) >= 11 is 0. The first-order valence-corrected chi connectivity index (χ1v) is 16.8. The van der Waals surface area contributed by atoms with Gasteiger partial charge in [-0.25, -0.2) is 14.6 Å². The molecule has 5 aromatic carbocycles. The van der Waals surface area contributed by atoms with Crippen molar-refractivity contribution in [2.24, 2.45) is 0 Å². The number of hydrogen-bond donors (Lipinski definition) is 0. The second-order valence-electron chi connectivity index (χ2n) is 12.6. The molecule has 1 aliphatic heterocycles. The third kappa shape index (κ3) is 5.35. The number of hydrogen-bond acceptors (Lipinski definition) is 6. The summed E-state index contributed by atoms with van der Waals surface area (Å²) in [7, 11) is 0. The van der Waals surface area contributed by atoms with E-state index in [9.17, 15) is 4.79 Å². The predicted octanol–water partition coefficient (Wildman–Crippen LogP) is 7.73. The van der Waals surface area contributed by atoms with Gasteiger partial charge < -0.3 is 0 Å². The molecule has 8 rings (SSSR count). The van der Waals surface area contributed by atoms with Crippen molar-refractivity contribution < 1.29 is 4.79 Å². The Hall–Kier alpha value is -6.28. The molecule has 1 aliphatic rings. The number of aromatic nitrogens is 6. The van der Waals surface area contributed by atoms with Crippen molar-refractivity contribution >= 4 is 11.7 Å². The Morgan fingerprint density at radius 3 is 1.80 bits per heavy atom. The molecular weight excluding hydrogens is 619 g/mol. The first-order valence-electron chi connectivity index (χ1n) is 16.8. The lowest BCUT2D eigenvalue weighted by atomic mass is 9.77.